The maximum atomic E-state index is 10.0. The van der Waals surface area contributed by atoms with E-state index < -0.39 is 5.97 Å². The Kier molecular flexibility index (Phi) is 9.84. The molecule has 0 atom stereocenters. The molecule has 0 aromatic rings. The van der Waals surface area contributed by atoms with Crippen LogP contribution in [0.1, 0.15) is 20.3 Å². The zero-order valence-electron chi connectivity index (χ0n) is 7.63. The van der Waals surface area contributed by atoms with Crippen LogP contribution in [0.3, 0.4) is 0 Å². The predicted octanol–water partition coefficient (Wildman–Crippen LogP) is -2.76. The van der Waals surface area contributed by atoms with Gasteiger partial charge in [-0.3, -0.25) is 0 Å². The van der Waals surface area contributed by atoms with Crippen molar-refractivity contribution in [3.63, 3.8) is 0 Å². The normalized spacial score (nSPS) is 10.3. The molecule has 0 bridgehead atoms. The predicted molar refractivity (Wildman–Crippen MR) is 38.2 cm³/mol. The minimum Gasteiger partial charge on any atom is -0.550 e. The molecule has 12 heavy (non-hydrogen) atoms. The van der Waals surface area contributed by atoms with E-state index in [1.54, 1.807) is 12.1 Å². The van der Waals surface area contributed by atoms with E-state index in [-0.39, 0.29) is 69.3 Å². The number of allylic oxidation sites excluding steroid dienone is 1. The molecule has 0 amide bonds. The second kappa shape index (κ2) is 7.96. The molecule has 0 spiro atoms. The maximum Gasteiger partial charge on any atom is 1.00 e. The number of carbonyl (C=O) groups is 1. The molecule has 60 valence electrons. The Bertz CT molecular complexity index is 216. The van der Waals surface area contributed by atoms with Crippen LogP contribution in [-0.2, 0) is 4.79 Å². The van der Waals surface area contributed by atoms with Gasteiger partial charge in [-0.25, -0.2) is 0 Å². The van der Waals surface area contributed by atoms with Gasteiger partial charge in [-0.15, -0.1) is 0 Å². The second-order valence-corrected chi connectivity index (χ2v) is 2.60. The SMILES string of the molecule is CC(C)/C=C(/C#N)CC(=O)[O-].[K+]. The van der Waals surface area contributed by atoms with Gasteiger partial charge in [-0.05, 0) is 5.92 Å². The number of carbonyl (C=O) groups excluding carboxylic acids is 1. The number of carboxylic acids is 1. The van der Waals surface area contributed by atoms with Crippen LogP contribution in [0.5, 0.6) is 0 Å². The Hall–Kier alpha value is 0.336. The van der Waals surface area contributed by atoms with Crippen LogP contribution < -0.4 is 56.5 Å². The van der Waals surface area contributed by atoms with E-state index in [0.29, 0.717) is 0 Å². The van der Waals surface area contributed by atoms with Crippen molar-refractivity contribution in [1.82, 2.24) is 0 Å². The van der Waals surface area contributed by atoms with Crippen LogP contribution in [0, 0.1) is 17.2 Å². The molecule has 4 heteroatoms. The molecule has 0 unspecified atom stereocenters. The molecule has 0 aromatic carbocycles. The summed E-state index contributed by atoms with van der Waals surface area (Å²) in [6, 6.07) is 1.80. The van der Waals surface area contributed by atoms with Crippen LogP contribution in [0.2, 0.25) is 0 Å². The Balaban J connectivity index is 0. The number of aliphatic carboxylic acids is 1. The Labute approximate surface area is 115 Å². The monoisotopic (exact) mass is 191 g/mol. The number of hydrogen-bond acceptors (Lipinski definition) is 3. The summed E-state index contributed by atoms with van der Waals surface area (Å²) in [4.78, 5) is 10.0. The van der Waals surface area contributed by atoms with E-state index >= 15 is 0 Å². The first kappa shape index (κ1) is 14.8. The van der Waals surface area contributed by atoms with Crippen LogP contribution in [0.25, 0.3) is 0 Å². The molecule has 0 heterocycles. The van der Waals surface area contributed by atoms with Gasteiger partial charge in [-0.2, -0.15) is 5.26 Å². The number of nitrogens with zero attached hydrogens (tertiary/aromatic N) is 1. The van der Waals surface area contributed by atoms with Gasteiger partial charge in [0.2, 0.25) is 0 Å². The Morgan fingerprint density at radius 1 is 1.67 bits per heavy atom. The molecule has 0 saturated heterocycles. The summed E-state index contributed by atoms with van der Waals surface area (Å²) in [6.45, 7) is 3.76. The van der Waals surface area contributed by atoms with Crippen LogP contribution in [-0.4, -0.2) is 5.97 Å². The van der Waals surface area contributed by atoms with Gasteiger partial charge in [0, 0.05) is 18.0 Å². The van der Waals surface area contributed by atoms with Gasteiger partial charge < -0.3 is 9.90 Å². The van der Waals surface area contributed by atoms with Gasteiger partial charge in [0.05, 0.1) is 6.07 Å². The minimum absolute atomic E-state index is 0. The molecule has 0 saturated carbocycles. The average molecular weight is 191 g/mol. The molecule has 0 N–H and O–H groups in total. The van der Waals surface area contributed by atoms with Crippen molar-refractivity contribution in [2.45, 2.75) is 20.3 Å². The maximum absolute atomic E-state index is 10.0. The fourth-order valence-corrected chi connectivity index (χ4v) is 0.694. The largest absolute Gasteiger partial charge is 1.00 e. The van der Waals surface area contributed by atoms with E-state index in [1.165, 1.54) is 0 Å². The third-order valence-electron chi connectivity index (χ3n) is 1.01. The molecule has 0 aliphatic rings. The summed E-state index contributed by atoms with van der Waals surface area (Å²) < 4.78 is 0. The third-order valence-corrected chi connectivity index (χ3v) is 1.01. The zero-order chi connectivity index (χ0) is 8.85. The fourth-order valence-electron chi connectivity index (χ4n) is 0.694. The summed E-state index contributed by atoms with van der Waals surface area (Å²) >= 11 is 0. The molecule has 0 aliphatic heterocycles. The second-order valence-electron chi connectivity index (χ2n) is 2.60. The van der Waals surface area contributed by atoms with Gasteiger partial charge in [0.15, 0.2) is 0 Å². The molecule has 0 rings (SSSR count). The molecule has 0 radical (unpaired) electrons. The third kappa shape index (κ3) is 8.43. The first-order chi connectivity index (χ1) is 5.06. The topological polar surface area (TPSA) is 63.9 Å². The van der Waals surface area contributed by atoms with E-state index in [0.717, 1.165) is 0 Å². The van der Waals surface area contributed by atoms with Crippen molar-refractivity contribution in [3.8, 4) is 6.07 Å². The summed E-state index contributed by atoms with van der Waals surface area (Å²) in [6.07, 6.45) is 1.34. The first-order valence-corrected chi connectivity index (χ1v) is 3.37. The summed E-state index contributed by atoms with van der Waals surface area (Å²) in [5.74, 6) is -1.01. The molecular formula is C8H10KNO2. The minimum atomic E-state index is -1.21. The zero-order valence-corrected chi connectivity index (χ0v) is 10.7. The Morgan fingerprint density at radius 3 is 2.42 bits per heavy atom. The van der Waals surface area contributed by atoms with Gasteiger partial charge >= 0.3 is 51.4 Å². The van der Waals surface area contributed by atoms with Crippen LogP contribution in [0.15, 0.2) is 11.6 Å². The summed E-state index contributed by atoms with van der Waals surface area (Å²) in [7, 11) is 0. The number of rotatable bonds is 3. The smallest absolute Gasteiger partial charge is 0.550 e. The summed E-state index contributed by atoms with van der Waals surface area (Å²) in [5.41, 5.74) is 0.264. The van der Waals surface area contributed by atoms with E-state index in [1.807, 2.05) is 13.8 Å². The molecular weight excluding hydrogens is 181 g/mol. The van der Waals surface area contributed by atoms with Crippen molar-refractivity contribution in [1.29, 1.82) is 5.26 Å². The van der Waals surface area contributed by atoms with Gasteiger partial charge in [-0.1, -0.05) is 19.9 Å². The number of hydrogen-bond donors (Lipinski definition) is 0. The van der Waals surface area contributed by atoms with E-state index in [9.17, 15) is 9.90 Å². The van der Waals surface area contributed by atoms with E-state index in [2.05, 4.69) is 0 Å². The summed E-state index contributed by atoms with van der Waals surface area (Å²) in [5, 5.41) is 18.5. The van der Waals surface area contributed by atoms with Crippen LogP contribution in [0.4, 0.5) is 0 Å². The van der Waals surface area contributed by atoms with Gasteiger partial charge in [0.25, 0.3) is 0 Å². The van der Waals surface area contributed by atoms with Crippen molar-refractivity contribution >= 4 is 5.97 Å². The van der Waals surface area contributed by atoms with Crippen LogP contribution >= 0.6 is 0 Å². The quantitative estimate of drug-likeness (QED) is 0.358. The molecule has 0 aromatic heterocycles. The standard InChI is InChI=1S/C8H11NO2.K/c1-6(2)3-7(5-9)4-8(10)11;/h3,6H,4H2,1-2H3,(H,10,11);/q;+1/p-1/b7-3+;. The number of nitriles is 1. The van der Waals surface area contributed by atoms with Crippen molar-refractivity contribution in [2.24, 2.45) is 5.92 Å². The number of carboxylic acid groups (broad SMARTS) is 1. The van der Waals surface area contributed by atoms with Crippen molar-refractivity contribution < 1.29 is 61.3 Å². The van der Waals surface area contributed by atoms with E-state index in [4.69, 9.17) is 5.26 Å². The van der Waals surface area contributed by atoms with Gasteiger partial charge in [0.1, 0.15) is 0 Å². The van der Waals surface area contributed by atoms with Crippen molar-refractivity contribution in [2.75, 3.05) is 0 Å². The molecule has 0 aliphatic carbocycles. The molecule has 0 fully saturated rings. The molecule has 3 nitrogen and oxygen atoms in total. The fraction of sp³-hybridized carbons (Fsp3) is 0.500. The first-order valence-electron chi connectivity index (χ1n) is 3.37. The average Bonchev–Trinajstić information content (AvgIpc) is 1.84. The van der Waals surface area contributed by atoms with Crippen molar-refractivity contribution in [3.05, 3.63) is 11.6 Å². The Morgan fingerprint density at radius 2 is 2.17 bits per heavy atom.